The second kappa shape index (κ2) is 8.28. The molecule has 1 aliphatic heterocycles. The molecule has 0 saturated carbocycles. The van der Waals surface area contributed by atoms with Crippen LogP contribution in [0.2, 0.25) is 0 Å². The number of likely N-dealkylation sites (N-methyl/N-ethyl adjacent to an activating group) is 1. The van der Waals surface area contributed by atoms with Gasteiger partial charge in [-0.1, -0.05) is 42.5 Å². The summed E-state index contributed by atoms with van der Waals surface area (Å²) in [4.78, 5) is 4.73. The monoisotopic (exact) mass is 328 g/mol. The summed E-state index contributed by atoms with van der Waals surface area (Å²) < 4.78 is 0. The molecule has 1 heterocycles. The van der Waals surface area contributed by atoms with Crippen LogP contribution < -0.4 is 0 Å². The summed E-state index contributed by atoms with van der Waals surface area (Å²) >= 11 is 0. The minimum absolute atomic E-state index is 0.270. The lowest BCUT2D eigenvalue weighted by molar-refractivity contribution is 0.0284. The summed E-state index contributed by atoms with van der Waals surface area (Å²) in [5.74, 6) is 0. The zero-order valence-electron chi connectivity index (χ0n) is 15.0. The standard InChI is InChI=1S/C21H32N2O/c1-22(15-19-9-4-2-5-10-19)16-20(24)17-23-14-8-13-21(18-23)11-6-3-7-12-21/h2-6,9-10,20,24H,7-8,11-18H2,1H3. The average Bonchev–Trinajstić information content (AvgIpc) is 2.56. The molecule has 1 spiro atoms. The number of allylic oxidation sites excluding steroid dienone is 2. The van der Waals surface area contributed by atoms with E-state index >= 15 is 0 Å². The van der Waals surface area contributed by atoms with Crippen LogP contribution in [-0.2, 0) is 6.54 Å². The van der Waals surface area contributed by atoms with E-state index in [9.17, 15) is 5.11 Å². The third kappa shape index (κ3) is 4.92. The molecule has 0 amide bonds. The van der Waals surface area contributed by atoms with Gasteiger partial charge in [0.25, 0.3) is 0 Å². The second-order valence-electron chi connectivity index (χ2n) is 7.89. The number of benzene rings is 1. The number of rotatable bonds is 6. The lowest BCUT2D eigenvalue weighted by Gasteiger charge is -2.44. The number of nitrogens with zero attached hydrogens (tertiary/aromatic N) is 2. The highest BCUT2D eigenvalue weighted by molar-refractivity contribution is 5.14. The van der Waals surface area contributed by atoms with Gasteiger partial charge in [-0.3, -0.25) is 4.90 Å². The minimum atomic E-state index is -0.270. The number of likely N-dealkylation sites (tertiary alicyclic amines) is 1. The molecule has 1 saturated heterocycles. The first kappa shape index (κ1) is 17.7. The fourth-order valence-corrected chi connectivity index (χ4v) is 4.45. The Balaban J connectivity index is 1.45. The largest absolute Gasteiger partial charge is 0.390 e. The van der Waals surface area contributed by atoms with Gasteiger partial charge in [-0.15, -0.1) is 0 Å². The summed E-state index contributed by atoms with van der Waals surface area (Å²) in [6.07, 6.45) is 10.9. The molecule has 2 unspecified atom stereocenters. The van der Waals surface area contributed by atoms with Gasteiger partial charge in [0.05, 0.1) is 6.10 Å². The Morgan fingerprint density at radius 1 is 1.21 bits per heavy atom. The molecular formula is C21H32N2O. The molecule has 3 nitrogen and oxygen atoms in total. The van der Waals surface area contributed by atoms with Crippen molar-refractivity contribution in [1.82, 2.24) is 9.80 Å². The Morgan fingerprint density at radius 2 is 2.04 bits per heavy atom. The Bertz CT molecular complexity index is 530. The second-order valence-corrected chi connectivity index (χ2v) is 7.89. The molecule has 2 aliphatic rings. The fourth-order valence-electron chi connectivity index (χ4n) is 4.45. The van der Waals surface area contributed by atoms with E-state index in [-0.39, 0.29) is 6.10 Å². The third-order valence-electron chi connectivity index (χ3n) is 5.59. The molecule has 0 bridgehead atoms. The molecule has 3 rings (SSSR count). The summed E-state index contributed by atoms with van der Waals surface area (Å²) in [6.45, 7) is 4.75. The molecule has 132 valence electrons. The van der Waals surface area contributed by atoms with E-state index in [1.165, 1.54) is 37.7 Å². The van der Waals surface area contributed by atoms with Crippen molar-refractivity contribution in [3.8, 4) is 0 Å². The molecule has 0 aromatic heterocycles. The predicted molar refractivity (Wildman–Crippen MR) is 99.9 cm³/mol. The third-order valence-corrected chi connectivity index (χ3v) is 5.59. The molecule has 2 atom stereocenters. The minimum Gasteiger partial charge on any atom is -0.390 e. The molecule has 1 aromatic rings. The summed E-state index contributed by atoms with van der Waals surface area (Å²) in [7, 11) is 2.10. The topological polar surface area (TPSA) is 26.7 Å². The average molecular weight is 329 g/mol. The van der Waals surface area contributed by atoms with Crippen molar-refractivity contribution >= 4 is 0 Å². The van der Waals surface area contributed by atoms with Crippen molar-refractivity contribution in [1.29, 1.82) is 0 Å². The first-order valence-corrected chi connectivity index (χ1v) is 9.43. The van der Waals surface area contributed by atoms with Gasteiger partial charge in [0.2, 0.25) is 0 Å². The van der Waals surface area contributed by atoms with Gasteiger partial charge < -0.3 is 10.0 Å². The van der Waals surface area contributed by atoms with Crippen molar-refractivity contribution in [3.05, 3.63) is 48.0 Å². The molecule has 24 heavy (non-hydrogen) atoms. The fraction of sp³-hybridized carbons (Fsp3) is 0.619. The van der Waals surface area contributed by atoms with E-state index in [1.807, 2.05) is 6.07 Å². The Labute approximate surface area is 147 Å². The van der Waals surface area contributed by atoms with Gasteiger partial charge in [-0.25, -0.2) is 0 Å². The predicted octanol–water partition coefficient (Wildman–Crippen LogP) is 3.30. The first-order chi connectivity index (χ1) is 11.7. The van der Waals surface area contributed by atoms with E-state index in [4.69, 9.17) is 0 Å². The quantitative estimate of drug-likeness (QED) is 0.812. The number of β-amino-alcohol motifs (C(OH)–C–C–N with tert-alkyl or cyclic N) is 1. The van der Waals surface area contributed by atoms with Crippen molar-refractivity contribution in [2.75, 3.05) is 33.2 Å². The van der Waals surface area contributed by atoms with Crippen molar-refractivity contribution in [2.45, 2.75) is 44.8 Å². The number of aliphatic hydroxyl groups excluding tert-OH is 1. The van der Waals surface area contributed by atoms with E-state index in [0.717, 1.165) is 32.7 Å². The van der Waals surface area contributed by atoms with Gasteiger partial charge >= 0.3 is 0 Å². The Kier molecular flexibility index (Phi) is 6.09. The van der Waals surface area contributed by atoms with Crippen molar-refractivity contribution in [2.24, 2.45) is 5.41 Å². The Hall–Kier alpha value is -1.16. The van der Waals surface area contributed by atoms with Crippen LogP contribution in [0, 0.1) is 5.41 Å². The van der Waals surface area contributed by atoms with E-state index in [1.54, 1.807) is 0 Å². The van der Waals surface area contributed by atoms with Crippen LogP contribution in [0.25, 0.3) is 0 Å². The highest BCUT2D eigenvalue weighted by atomic mass is 16.3. The first-order valence-electron chi connectivity index (χ1n) is 9.43. The zero-order valence-corrected chi connectivity index (χ0v) is 15.0. The van der Waals surface area contributed by atoms with E-state index in [0.29, 0.717) is 5.41 Å². The smallest absolute Gasteiger partial charge is 0.0793 e. The van der Waals surface area contributed by atoms with Crippen LogP contribution in [0.4, 0.5) is 0 Å². The van der Waals surface area contributed by atoms with Gasteiger partial charge in [-0.2, -0.15) is 0 Å². The van der Waals surface area contributed by atoms with Gasteiger partial charge in [0, 0.05) is 26.2 Å². The van der Waals surface area contributed by atoms with Crippen LogP contribution in [0.15, 0.2) is 42.5 Å². The summed E-state index contributed by atoms with van der Waals surface area (Å²) in [6, 6.07) is 10.5. The normalized spacial score (nSPS) is 26.1. The number of aliphatic hydroxyl groups is 1. The lowest BCUT2D eigenvalue weighted by Crippen LogP contribution is -2.47. The molecule has 1 aromatic carbocycles. The maximum absolute atomic E-state index is 10.5. The molecule has 1 fully saturated rings. The number of hydrogen-bond donors (Lipinski definition) is 1. The van der Waals surface area contributed by atoms with Crippen LogP contribution in [0.1, 0.15) is 37.7 Å². The molecule has 0 radical (unpaired) electrons. The zero-order chi connectivity index (χ0) is 16.8. The van der Waals surface area contributed by atoms with Crippen molar-refractivity contribution < 1.29 is 5.11 Å². The molecule has 1 N–H and O–H groups in total. The lowest BCUT2D eigenvalue weighted by atomic mass is 9.71. The SMILES string of the molecule is CN(Cc1ccccc1)CC(O)CN1CCCC2(CC=CCC2)C1. The van der Waals surface area contributed by atoms with Crippen molar-refractivity contribution in [3.63, 3.8) is 0 Å². The van der Waals surface area contributed by atoms with Gasteiger partial charge in [-0.05, 0) is 56.7 Å². The van der Waals surface area contributed by atoms with Crippen LogP contribution >= 0.6 is 0 Å². The van der Waals surface area contributed by atoms with Crippen LogP contribution in [-0.4, -0.2) is 54.2 Å². The highest BCUT2D eigenvalue weighted by Gasteiger charge is 2.35. The maximum atomic E-state index is 10.5. The summed E-state index contributed by atoms with van der Waals surface area (Å²) in [5.41, 5.74) is 1.79. The Morgan fingerprint density at radius 3 is 2.79 bits per heavy atom. The number of piperidine rings is 1. The van der Waals surface area contributed by atoms with E-state index in [2.05, 4.69) is 53.3 Å². The van der Waals surface area contributed by atoms with Crippen LogP contribution in [0.3, 0.4) is 0 Å². The summed E-state index contributed by atoms with van der Waals surface area (Å²) in [5, 5.41) is 10.5. The van der Waals surface area contributed by atoms with Crippen LogP contribution in [0.5, 0.6) is 0 Å². The molecular weight excluding hydrogens is 296 g/mol. The van der Waals surface area contributed by atoms with Gasteiger partial charge in [0.15, 0.2) is 0 Å². The van der Waals surface area contributed by atoms with E-state index < -0.39 is 0 Å². The molecule has 1 aliphatic carbocycles. The maximum Gasteiger partial charge on any atom is 0.0793 e. The number of hydrogen-bond acceptors (Lipinski definition) is 3. The van der Waals surface area contributed by atoms with Gasteiger partial charge in [0.1, 0.15) is 0 Å². The molecule has 3 heteroatoms. The highest BCUT2D eigenvalue weighted by Crippen LogP contribution is 2.40.